The molecule has 0 atom stereocenters. The third-order valence-electron chi connectivity index (χ3n) is 2.25. The molecule has 2 rings (SSSR count). The van der Waals surface area contributed by atoms with Crippen LogP contribution in [0.4, 0.5) is 5.69 Å². The molecule has 0 bridgehead atoms. The van der Waals surface area contributed by atoms with Crippen molar-refractivity contribution in [2.24, 2.45) is 0 Å². The molecule has 0 saturated carbocycles. The first-order valence-electron chi connectivity index (χ1n) is 4.98. The van der Waals surface area contributed by atoms with Crippen LogP contribution in [-0.4, -0.2) is 21.1 Å². The van der Waals surface area contributed by atoms with Crippen LogP contribution in [0.5, 0.6) is 0 Å². The summed E-state index contributed by atoms with van der Waals surface area (Å²) in [5.74, 6) is -0.409. The Morgan fingerprint density at radius 2 is 2.11 bits per heavy atom. The number of pyridine rings is 1. The molecule has 7 heteroatoms. The first-order valence-corrected chi connectivity index (χ1v) is 5.74. The lowest BCUT2D eigenvalue weighted by molar-refractivity contribution is 0.102. The fourth-order valence-corrected chi connectivity index (χ4v) is 1.62. The SMILES string of the molecule is Cc1ccncc1NC(=O)c1cc(Cl)nnc1Cl. The zero-order chi connectivity index (χ0) is 13.1. The molecule has 2 aromatic heterocycles. The third-order valence-corrected chi connectivity index (χ3v) is 2.71. The average Bonchev–Trinajstić information content (AvgIpc) is 2.35. The van der Waals surface area contributed by atoms with Crippen LogP contribution < -0.4 is 5.32 Å². The van der Waals surface area contributed by atoms with Gasteiger partial charge in [0.1, 0.15) is 0 Å². The molecule has 0 aliphatic carbocycles. The van der Waals surface area contributed by atoms with Crippen molar-refractivity contribution in [1.29, 1.82) is 0 Å². The second-order valence-corrected chi connectivity index (χ2v) is 4.26. The van der Waals surface area contributed by atoms with Crippen LogP contribution in [0.1, 0.15) is 15.9 Å². The molecule has 0 radical (unpaired) electrons. The second kappa shape index (κ2) is 5.29. The smallest absolute Gasteiger partial charge is 0.259 e. The predicted octanol–water partition coefficient (Wildman–Crippen LogP) is 2.74. The van der Waals surface area contributed by atoms with E-state index < -0.39 is 5.91 Å². The predicted molar refractivity (Wildman–Crippen MR) is 69.0 cm³/mol. The van der Waals surface area contributed by atoms with Gasteiger partial charge in [0.2, 0.25) is 0 Å². The maximum absolute atomic E-state index is 12.0. The molecule has 1 N–H and O–H groups in total. The summed E-state index contributed by atoms with van der Waals surface area (Å²) < 4.78 is 0. The lowest BCUT2D eigenvalue weighted by Gasteiger charge is -2.07. The van der Waals surface area contributed by atoms with E-state index in [0.29, 0.717) is 5.69 Å². The quantitative estimate of drug-likeness (QED) is 0.920. The summed E-state index contributed by atoms with van der Waals surface area (Å²) in [5.41, 5.74) is 1.66. The summed E-state index contributed by atoms with van der Waals surface area (Å²) in [6, 6.07) is 3.15. The number of carbonyl (C=O) groups excluding carboxylic acids is 1. The monoisotopic (exact) mass is 282 g/mol. The van der Waals surface area contributed by atoms with Gasteiger partial charge < -0.3 is 5.32 Å². The molecule has 2 aromatic rings. The van der Waals surface area contributed by atoms with Crippen LogP contribution >= 0.6 is 23.2 Å². The number of amides is 1. The Labute approximate surface area is 113 Å². The minimum absolute atomic E-state index is 0.00144. The maximum Gasteiger partial charge on any atom is 0.259 e. The molecule has 5 nitrogen and oxygen atoms in total. The molecule has 1 amide bonds. The van der Waals surface area contributed by atoms with Crippen molar-refractivity contribution in [1.82, 2.24) is 15.2 Å². The topological polar surface area (TPSA) is 67.8 Å². The molecular formula is C11H8Cl2N4O. The van der Waals surface area contributed by atoms with Gasteiger partial charge in [-0.1, -0.05) is 23.2 Å². The highest BCUT2D eigenvalue weighted by Gasteiger charge is 2.14. The number of hydrogen-bond acceptors (Lipinski definition) is 4. The van der Waals surface area contributed by atoms with E-state index in [4.69, 9.17) is 23.2 Å². The zero-order valence-electron chi connectivity index (χ0n) is 9.32. The van der Waals surface area contributed by atoms with E-state index in [9.17, 15) is 4.79 Å². The Morgan fingerprint density at radius 1 is 1.33 bits per heavy atom. The van der Waals surface area contributed by atoms with Gasteiger partial charge in [-0.2, -0.15) is 0 Å². The molecule has 0 spiro atoms. The van der Waals surface area contributed by atoms with Crippen molar-refractivity contribution in [2.45, 2.75) is 6.92 Å². The Bertz CT molecular complexity index is 603. The Balaban J connectivity index is 2.28. The standard InChI is InChI=1S/C11H8Cl2N4O/c1-6-2-3-14-5-8(6)15-11(18)7-4-9(12)16-17-10(7)13/h2-5H,1H3,(H,15,18). The first kappa shape index (κ1) is 12.7. The van der Waals surface area contributed by atoms with Crippen molar-refractivity contribution >= 4 is 34.8 Å². The zero-order valence-corrected chi connectivity index (χ0v) is 10.8. The molecule has 0 aliphatic heterocycles. The van der Waals surface area contributed by atoms with Crippen molar-refractivity contribution in [3.8, 4) is 0 Å². The fourth-order valence-electron chi connectivity index (χ4n) is 1.30. The highest BCUT2D eigenvalue weighted by Crippen LogP contribution is 2.18. The average molecular weight is 283 g/mol. The van der Waals surface area contributed by atoms with Gasteiger partial charge in [-0.25, -0.2) is 0 Å². The van der Waals surface area contributed by atoms with Crippen molar-refractivity contribution in [3.05, 3.63) is 46.0 Å². The lowest BCUT2D eigenvalue weighted by atomic mass is 10.2. The summed E-state index contributed by atoms with van der Waals surface area (Å²) in [7, 11) is 0. The lowest BCUT2D eigenvalue weighted by Crippen LogP contribution is -2.14. The van der Waals surface area contributed by atoms with Gasteiger partial charge in [0.25, 0.3) is 5.91 Å². The molecule has 0 fully saturated rings. The van der Waals surface area contributed by atoms with E-state index in [1.807, 2.05) is 6.92 Å². The number of rotatable bonds is 2. The van der Waals surface area contributed by atoms with Gasteiger partial charge >= 0.3 is 0 Å². The molecule has 18 heavy (non-hydrogen) atoms. The molecule has 92 valence electrons. The largest absolute Gasteiger partial charge is 0.320 e. The van der Waals surface area contributed by atoms with Crippen LogP contribution in [0.3, 0.4) is 0 Å². The van der Waals surface area contributed by atoms with Crippen molar-refractivity contribution in [3.63, 3.8) is 0 Å². The summed E-state index contributed by atoms with van der Waals surface area (Å²) in [5, 5.41) is 9.89. The fraction of sp³-hybridized carbons (Fsp3) is 0.0909. The van der Waals surface area contributed by atoms with E-state index >= 15 is 0 Å². The minimum Gasteiger partial charge on any atom is -0.320 e. The second-order valence-electron chi connectivity index (χ2n) is 3.52. The van der Waals surface area contributed by atoms with Crippen LogP contribution in [0.2, 0.25) is 10.3 Å². The molecule has 2 heterocycles. The number of aryl methyl sites for hydroxylation is 1. The van der Waals surface area contributed by atoms with E-state index in [-0.39, 0.29) is 15.9 Å². The molecule has 0 aromatic carbocycles. The van der Waals surface area contributed by atoms with E-state index in [2.05, 4.69) is 20.5 Å². The highest BCUT2D eigenvalue weighted by atomic mass is 35.5. The van der Waals surface area contributed by atoms with E-state index in [1.165, 1.54) is 6.07 Å². The number of anilines is 1. The van der Waals surface area contributed by atoms with Crippen LogP contribution in [0.25, 0.3) is 0 Å². The molecule has 0 aliphatic rings. The number of aromatic nitrogens is 3. The Morgan fingerprint density at radius 3 is 2.83 bits per heavy atom. The van der Waals surface area contributed by atoms with E-state index in [1.54, 1.807) is 18.5 Å². The maximum atomic E-state index is 12.0. The molecule has 0 saturated heterocycles. The number of halogens is 2. The van der Waals surface area contributed by atoms with Crippen molar-refractivity contribution in [2.75, 3.05) is 5.32 Å². The molecular weight excluding hydrogens is 275 g/mol. The number of nitrogens with zero attached hydrogens (tertiary/aromatic N) is 3. The highest BCUT2D eigenvalue weighted by molar-refractivity contribution is 6.34. The number of hydrogen-bond donors (Lipinski definition) is 1. The van der Waals surface area contributed by atoms with Crippen LogP contribution in [0, 0.1) is 6.92 Å². The van der Waals surface area contributed by atoms with Gasteiger partial charge in [0.15, 0.2) is 10.3 Å². The number of carbonyl (C=O) groups is 1. The Kier molecular flexibility index (Phi) is 3.74. The summed E-state index contributed by atoms with van der Waals surface area (Å²) >= 11 is 11.5. The van der Waals surface area contributed by atoms with Gasteiger partial charge in [0.05, 0.1) is 17.4 Å². The van der Waals surface area contributed by atoms with E-state index in [0.717, 1.165) is 5.56 Å². The van der Waals surface area contributed by atoms with Crippen molar-refractivity contribution < 1.29 is 4.79 Å². The van der Waals surface area contributed by atoms with Crippen LogP contribution in [0.15, 0.2) is 24.5 Å². The minimum atomic E-state index is -0.409. The normalized spacial score (nSPS) is 10.2. The van der Waals surface area contributed by atoms with Gasteiger partial charge in [0, 0.05) is 6.20 Å². The van der Waals surface area contributed by atoms with Gasteiger partial charge in [-0.3, -0.25) is 9.78 Å². The summed E-state index contributed by atoms with van der Waals surface area (Å²) in [4.78, 5) is 15.9. The van der Waals surface area contributed by atoms with Crippen LogP contribution in [-0.2, 0) is 0 Å². The summed E-state index contributed by atoms with van der Waals surface area (Å²) in [6.07, 6.45) is 3.19. The van der Waals surface area contributed by atoms with Gasteiger partial charge in [-0.05, 0) is 24.6 Å². The number of nitrogens with one attached hydrogen (secondary N) is 1. The first-order chi connectivity index (χ1) is 8.58. The third kappa shape index (κ3) is 2.75. The molecule has 0 unspecified atom stereocenters. The van der Waals surface area contributed by atoms with Gasteiger partial charge in [-0.15, -0.1) is 10.2 Å². The Hall–Kier alpha value is -1.72. The summed E-state index contributed by atoms with van der Waals surface area (Å²) in [6.45, 7) is 1.86.